The summed E-state index contributed by atoms with van der Waals surface area (Å²) in [6.07, 6.45) is 0. The molecule has 0 spiro atoms. The highest BCUT2D eigenvalue weighted by Crippen LogP contribution is 2.46. The molecule has 0 radical (unpaired) electrons. The van der Waals surface area contributed by atoms with Gasteiger partial charge >= 0.3 is 23.8 Å². The van der Waals surface area contributed by atoms with Crippen LogP contribution in [0.15, 0.2) is 45.5 Å². The van der Waals surface area contributed by atoms with Crippen molar-refractivity contribution >= 4 is 71.7 Å². The number of benzene rings is 1. The quantitative estimate of drug-likeness (QED) is 0.159. The van der Waals surface area contributed by atoms with E-state index >= 15 is 0 Å². The van der Waals surface area contributed by atoms with Gasteiger partial charge in [-0.1, -0.05) is 23.9 Å². The third-order valence-electron chi connectivity index (χ3n) is 7.59. The number of piperazine rings is 1. The van der Waals surface area contributed by atoms with Crippen LogP contribution >= 0.6 is 36.2 Å². The van der Waals surface area contributed by atoms with Crippen LogP contribution in [0.3, 0.4) is 0 Å². The van der Waals surface area contributed by atoms with E-state index in [0.717, 1.165) is 4.90 Å². The van der Waals surface area contributed by atoms with Crippen molar-refractivity contribution in [2.45, 2.75) is 34.3 Å². The number of aliphatic carboxylic acids is 1. The standard InChI is InChI=1S/C26H28N8O7S3/c1-3-33-8-9-34(23(38)22(33)37)25(41)28-17(12-4-6-14(42)7-5-12)21(36)27-18-19(35)16-15(24(39)40)13(10-43-20(16)18)11-44-26-29-30-31-32(26)2/h4-7,16-18,20,42H,3,8-11H2,1-2H3,(H,27,36)(H,28,41)(H,39,40)/t16?,17-,18-,20?/m1/s1. The Labute approximate surface area is 264 Å². The molecule has 232 valence electrons. The number of imide groups is 1. The van der Waals surface area contributed by atoms with Crippen molar-refractivity contribution < 1.29 is 33.9 Å². The van der Waals surface area contributed by atoms with Crippen LogP contribution in [0.5, 0.6) is 0 Å². The summed E-state index contributed by atoms with van der Waals surface area (Å²) in [7, 11) is 1.66. The lowest BCUT2D eigenvalue weighted by molar-refractivity contribution is -0.153. The largest absolute Gasteiger partial charge is 0.478 e. The van der Waals surface area contributed by atoms with Crippen molar-refractivity contribution in [2.24, 2.45) is 13.0 Å². The lowest BCUT2D eigenvalue weighted by Gasteiger charge is -2.46. The summed E-state index contributed by atoms with van der Waals surface area (Å²) in [4.78, 5) is 80.0. The summed E-state index contributed by atoms with van der Waals surface area (Å²) < 4.78 is 1.46. The van der Waals surface area contributed by atoms with Crippen LogP contribution < -0.4 is 10.6 Å². The lowest BCUT2D eigenvalue weighted by atomic mass is 9.71. The molecular formula is C26H28N8O7S3. The highest BCUT2D eigenvalue weighted by Gasteiger charge is 2.56. The summed E-state index contributed by atoms with van der Waals surface area (Å²) >= 11 is 6.88. The number of amides is 5. The molecule has 2 unspecified atom stereocenters. The minimum absolute atomic E-state index is 0.00972. The summed E-state index contributed by atoms with van der Waals surface area (Å²) in [6, 6.07) is 3.10. The van der Waals surface area contributed by atoms with Crippen molar-refractivity contribution in [3.63, 3.8) is 0 Å². The van der Waals surface area contributed by atoms with Crippen molar-refractivity contribution in [3.8, 4) is 0 Å². The number of rotatable bonds is 9. The minimum Gasteiger partial charge on any atom is -0.478 e. The van der Waals surface area contributed by atoms with Gasteiger partial charge in [-0.3, -0.25) is 24.1 Å². The highest BCUT2D eigenvalue weighted by atomic mass is 32.2. The molecule has 1 aromatic carbocycles. The van der Waals surface area contributed by atoms with Gasteiger partial charge in [0.15, 0.2) is 5.78 Å². The van der Waals surface area contributed by atoms with Crippen molar-refractivity contribution in [2.75, 3.05) is 31.1 Å². The maximum Gasteiger partial charge on any atom is 0.332 e. The van der Waals surface area contributed by atoms with Crippen LogP contribution in [-0.2, 0) is 31.0 Å². The first kappa shape index (κ1) is 31.5. The molecule has 1 aromatic heterocycles. The molecule has 3 N–H and O–H groups in total. The molecule has 18 heteroatoms. The van der Waals surface area contributed by atoms with Gasteiger partial charge in [0, 0.05) is 53.9 Å². The summed E-state index contributed by atoms with van der Waals surface area (Å²) in [5.41, 5.74) is 0.938. The maximum atomic E-state index is 13.6. The molecule has 3 aliphatic rings. The average molecular weight is 661 g/mol. The van der Waals surface area contributed by atoms with Crippen LogP contribution in [0.1, 0.15) is 18.5 Å². The first-order chi connectivity index (χ1) is 21.0. The summed E-state index contributed by atoms with van der Waals surface area (Å²) in [5.74, 6) is -4.53. The number of thiol groups is 1. The SMILES string of the molecule is CCN1CCN(C(=O)N[C@@H](C(=O)N[C@@H]2C(=O)C3C(C(=O)O)=C(CSc4nnnn4C)CSC32)c2ccc(S)cc2)C(=O)C1=O. The number of carboxylic acids is 1. The van der Waals surface area contributed by atoms with E-state index in [1.165, 1.54) is 33.1 Å². The fourth-order valence-corrected chi connectivity index (χ4v) is 7.88. The van der Waals surface area contributed by atoms with Crippen molar-refractivity contribution in [3.05, 3.63) is 41.0 Å². The zero-order valence-corrected chi connectivity index (χ0v) is 26.0. The molecule has 0 bridgehead atoms. The Bertz CT molecular complexity index is 1560. The third kappa shape index (κ3) is 6.05. The zero-order chi connectivity index (χ0) is 31.7. The number of carbonyl (C=O) groups excluding carboxylic acids is 5. The topological polar surface area (TPSA) is 197 Å². The highest BCUT2D eigenvalue weighted by molar-refractivity contribution is 8.01. The molecule has 15 nitrogen and oxygen atoms in total. The third-order valence-corrected chi connectivity index (χ3v) is 10.4. The number of ketones is 1. The van der Waals surface area contributed by atoms with Crippen LogP contribution in [0.2, 0.25) is 0 Å². The Morgan fingerprint density at radius 2 is 1.89 bits per heavy atom. The smallest absolute Gasteiger partial charge is 0.332 e. The Balaban J connectivity index is 1.31. The van der Waals surface area contributed by atoms with Crippen molar-refractivity contribution in [1.82, 2.24) is 40.6 Å². The fourth-order valence-electron chi connectivity index (χ4n) is 5.21. The Morgan fingerprint density at radius 3 is 2.52 bits per heavy atom. The van der Waals surface area contributed by atoms with Gasteiger partial charge in [0.25, 0.3) is 0 Å². The monoisotopic (exact) mass is 660 g/mol. The number of aromatic nitrogens is 4. The molecular weight excluding hydrogens is 633 g/mol. The van der Waals surface area contributed by atoms with E-state index in [-0.39, 0.29) is 24.4 Å². The maximum absolute atomic E-state index is 13.6. The predicted molar refractivity (Wildman–Crippen MR) is 160 cm³/mol. The van der Waals surface area contributed by atoms with Crippen LogP contribution in [0.4, 0.5) is 4.79 Å². The van der Waals surface area contributed by atoms with E-state index in [9.17, 15) is 33.9 Å². The molecule has 1 aliphatic carbocycles. The molecule has 1 saturated heterocycles. The number of thioether (sulfide) groups is 2. The fraction of sp³-hybridized carbons (Fsp3) is 0.423. The first-order valence-corrected chi connectivity index (χ1v) is 16.0. The van der Waals surface area contributed by atoms with E-state index in [1.807, 2.05) is 0 Å². The number of hydrogen-bond acceptors (Lipinski definition) is 12. The second-order valence-electron chi connectivity index (χ2n) is 10.2. The Kier molecular flexibility index (Phi) is 9.31. The van der Waals surface area contributed by atoms with Crippen LogP contribution in [0.25, 0.3) is 0 Å². The second-order valence-corrected chi connectivity index (χ2v) is 12.8. The molecule has 2 aromatic rings. The van der Waals surface area contributed by atoms with Gasteiger partial charge in [0.1, 0.15) is 12.1 Å². The summed E-state index contributed by atoms with van der Waals surface area (Å²) in [5, 5.41) is 26.4. The molecule has 5 rings (SSSR count). The molecule has 4 atom stereocenters. The van der Waals surface area contributed by atoms with Gasteiger partial charge in [-0.05, 0) is 40.6 Å². The number of carboxylic acid groups (broad SMARTS) is 1. The van der Waals surface area contributed by atoms with Gasteiger partial charge in [-0.2, -0.15) is 11.8 Å². The number of urea groups is 1. The Morgan fingerprint density at radius 1 is 1.16 bits per heavy atom. The normalized spacial score (nSPS) is 22.3. The number of hydrogen-bond donors (Lipinski definition) is 4. The zero-order valence-electron chi connectivity index (χ0n) is 23.5. The number of nitrogens with zero attached hydrogens (tertiary/aromatic N) is 6. The average Bonchev–Trinajstić information content (AvgIpc) is 3.42. The number of carbonyl (C=O) groups is 6. The van der Waals surface area contributed by atoms with Gasteiger partial charge in [0.05, 0.1) is 5.92 Å². The van der Waals surface area contributed by atoms with E-state index in [4.69, 9.17) is 0 Å². The molecule has 2 aliphatic heterocycles. The predicted octanol–water partition coefficient (Wildman–Crippen LogP) is -0.0872. The second kappa shape index (κ2) is 13.0. The van der Waals surface area contributed by atoms with Gasteiger partial charge in [-0.15, -0.1) is 17.7 Å². The van der Waals surface area contributed by atoms with Crippen molar-refractivity contribution in [1.29, 1.82) is 0 Å². The number of fused-ring (bicyclic) bond motifs is 1. The number of nitrogens with one attached hydrogen (secondary N) is 2. The molecule has 2 fully saturated rings. The van der Waals surface area contributed by atoms with E-state index < -0.39 is 58.8 Å². The number of aryl methyl sites for hydroxylation is 1. The first-order valence-electron chi connectivity index (χ1n) is 13.5. The molecule has 5 amide bonds. The molecule has 44 heavy (non-hydrogen) atoms. The van der Waals surface area contributed by atoms with Gasteiger partial charge in [0.2, 0.25) is 11.1 Å². The number of tetrazole rings is 1. The van der Waals surface area contributed by atoms with E-state index in [1.54, 1.807) is 38.2 Å². The molecule has 3 heterocycles. The number of Topliss-reactive ketones (excluding diaryl/α,β-unsaturated/α-hetero) is 1. The van der Waals surface area contributed by atoms with Gasteiger partial charge < -0.3 is 20.6 Å². The lowest BCUT2D eigenvalue weighted by Crippen LogP contribution is -2.66. The van der Waals surface area contributed by atoms with Gasteiger partial charge in [-0.25, -0.2) is 14.3 Å². The Hall–Kier alpha value is -3.90. The summed E-state index contributed by atoms with van der Waals surface area (Å²) in [6.45, 7) is 2.14. The van der Waals surface area contributed by atoms with Crippen LogP contribution in [-0.4, -0.2) is 113 Å². The number of likely N-dealkylation sites (N-methyl/N-ethyl adjacent to an activating group) is 1. The van der Waals surface area contributed by atoms with E-state index in [2.05, 4.69) is 38.8 Å². The van der Waals surface area contributed by atoms with Crippen LogP contribution in [0, 0.1) is 5.92 Å². The van der Waals surface area contributed by atoms with E-state index in [0.29, 0.717) is 33.5 Å². The molecule has 1 saturated carbocycles. The minimum atomic E-state index is -1.33.